The summed E-state index contributed by atoms with van der Waals surface area (Å²) < 4.78 is 28.7. The number of benzene rings is 1. The summed E-state index contributed by atoms with van der Waals surface area (Å²) in [6, 6.07) is 4.19. The largest absolute Gasteiger partial charge is 0.312 e. The second-order valence-corrected chi connectivity index (χ2v) is 4.25. The Morgan fingerprint density at radius 3 is 3.06 bits per heavy atom. The fourth-order valence-electron chi connectivity index (χ4n) is 2.14. The van der Waals surface area contributed by atoms with E-state index in [4.69, 9.17) is 0 Å². The van der Waals surface area contributed by atoms with Gasteiger partial charge < -0.3 is 9.88 Å². The molecule has 94 valence electrons. The van der Waals surface area contributed by atoms with E-state index in [1.165, 1.54) is 6.07 Å². The maximum atomic E-state index is 13.6. The summed E-state index contributed by atoms with van der Waals surface area (Å²) >= 11 is 0. The number of nitrogens with zero attached hydrogens (tertiary/aromatic N) is 3. The van der Waals surface area contributed by atoms with Crippen molar-refractivity contribution in [1.29, 1.82) is 0 Å². The number of fused-ring (bicyclic) bond motifs is 1. The molecule has 0 fully saturated rings. The molecule has 2 aromatic rings. The van der Waals surface area contributed by atoms with Crippen LogP contribution in [0.25, 0.3) is 0 Å². The number of nitrogens with one attached hydrogen (secondary N) is 1. The molecular formula is C12H12F2N4. The minimum atomic E-state index is -0.826. The predicted octanol–water partition coefficient (Wildman–Crippen LogP) is 1.25. The second-order valence-electron chi connectivity index (χ2n) is 4.25. The number of rotatable bonds is 2. The van der Waals surface area contributed by atoms with Crippen molar-refractivity contribution in [2.45, 2.75) is 19.5 Å². The lowest BCUT2D eigenvalue weighted by atomic mass is 10.1. The molecule has 0 amide bonds. The van der Waals surface area contributed by atoms with E-state index >= 15 is 0 Å². The van der Waals surface area contributed by atoms with E-state index in [2.05, 4.69) is 15.5 Å². The van der Waals surface area contributed by atoms with Gasteiger partial charge in [0.2, 0.25) is 0 Å². The van der Waals surface area contributed by atoms with Crippen molar-refractivity contribution >= 4 is 0 Å². The summed E-state index contributed by atoms with van der Waals surface area (Å²) in [4.78, 5) is 0. The molecular weight excluding hydrogens is 238 g/mol. The van der Waals surface area contributed by atoms with Crippen LogP contribution in [-0.2, 0) is 19.5 Å². The van der Waals surface area contributed by atoms with E-state index in [-0.39, 0.29) is 6.42 Å². The highest BCUT2D eigenvalue weighted by Crippen LogP contribution is 2.16. The van der Waals surface area contributed by atoms with Gasteiger partial charge in [0.15, 0.2) is 11.6 Å². The van der Waals surface area contributed by atoms with Gasteiger partial charge >= 0.3 is 0 Å². The Hall–Kier alpha value is -1.82. The summed E-state index contributed by atoms with van der Waals surface area (Å²) in [6.45, 7) is 2.26. The van der Waals surface area contributed by atoms with Crippen molar-refractivity contribution < 1.29 is 8.78 Å². The average molecular weight is 250 g/mol. The fraction of sp³-hybridized carbons (Fsp3) is 0.333. The average Bonchev–Trinajstić information content (AvgIpc) is 2.79. The van der Waals surface area contributed by atoms with Crippen LogP contribution >= 0.6 is 0 Å². The summed E-state index contributed by atoms with van der Waals surface area (Å²) in [5, 5.41) is 11.3. The number of hydrogen-bond acceptors (Lipinski definition) is 3. The van der Waals surface area contributed by atoms with Crippen LogP contribution in [-0.4, -0.2) is 21.3 Å². The summed E-state index contributed by atoms with van der Waals surface area (Å²) in [5.74, 6) is -0.111. The summed E-state index contributed by atoms with van der Waals surface area (Å²) in [7, 11) is 0. The number of aromatic nitrogens is 3. The molecule has 0 saturated carbocycles. The highest BCUT2D eigenvalue weighted by molar-refractivity contribution is 5.22. The van der Waals surface area contributed by atoms with Crippen molar-refractivity contribution in [3.05, 3.63) is 47.0 Å². The van der Waals surface area contributed by atoms with E-state index in [0.717, 1.165) is 25.0 Å². The minimum Gasteiger partial charge on any atom is -0.312 e. The first kappa shape index (κ1) is 11.3. The Labute approximate surface area is 103 Å². The molecule has 0 atom stereocenters. The molecule has 4 nitrogen and oxygen atoms in total. The molecule has 0 bridgehead atoms. The van der Waals surface area contributed by atoms with Gasteiger partial charge in [0.05, 0.1) is 6.54 Å². The lowest BCUT2D eigenvalue weighted by Crippen LogP contribution is -2.29. The van der Waals surface area contributed by atoms with Gasteiger partial charge in [-0.3, -0.25) is 0 Å². The Morgan fingerprint density at radius 2 is 2.17 bits per heavy atom. The Morgan fingerprint density at radius 1 is 1.28 bits per heavy atom. The molecule has 1 aliphatic heterocycles. The van der Waals surface area contributed by atoms with Crippen LogP contribution in [0.3, 0.4) is 0 Å². The zero-order valence-corrected chi connectivity index (χ0v) is 9.66. The number of hydrogen-bond donors (Lipinski definition) is 1. The van der Waals surface area contributed by atoms with Crippen LogP contribution in [0.4, 0.5) is 8.78 Å². The maximum absolute atomic E-state index is 13.6. The zero-order valence-electron chi connectivity index (χ0n) is 9.66. The Bertz CT molecular complexity index is 579. The highest BCUT2D eigenvalue weighted by Gasteiger charge is 2.17. The van der Waals surface area contributed by atoms with Gasteiger partial charge in [-0.1, -0.05) is 12.1 Å². The first-order valence-corrected chi connectivity index (χ1v) is 5.80. The molecule has 0 unspecified atom stereocenters. The van der Waals surface area contributed by atoms with Gasteiger partial charge in [0.1, 0.15) is 11.6 Å². The topological polar surface area (TPSA) is 42.7 Å². The highest BCUT2D eigenvalue weighted by atomic mass is 19.2. The molecule has 0 radical (unpaired) electrons. The zero-order chi connectivity index (χ0) is 12.5. The van der Waals surface area contributed by atoms with Crippen LogP contribution in [0.15, 0.2) is 18.2 Å². The molecule has 1 N–H and O–H groups in total. The third kappa shape index (κ3) is 1.88. The van der Waals surface area contributed by atoms with E-state index in [9.17, 15) is 8.78 Å². The fourth-order valence-corrected chi connectivity index (χ4v) is 2.14. The minimum absolute atomic E-state index is 0.261. The van der Waals surface area contributed by atoms with Crippen molar-refractivity contribution in [3.8, 4) is 0 Å². The molecule has 0 saturated heterocycles. The molecule has 1 aromatic heterocycles. The first-order chi connectivity index (χ1) is 8.75. The lowest BCUT2D eigenvalue weighted by molar-refractivity contribution is 0.487. The standard InChI is InChI=1S/C12H12F2N4/c13-9-3-1-2-8(12(9)14)6-10-16-17-11-7-15-4-5-18(10)11/h1-3,15H,4-7H2. The van der Waals surface area contributed by atoms with Crippen LogP contribution in [0.2, 0.25) is 0 Å². The Kier molecular flexibility index (Phi) is 2.79. The van der Waals surface area contributed by atoms with Crippen LogP contribution in [0.1, 0.15) is 17.2 Å². The van der Waals surface area contributed by atoms with Gasteiger partial charge in [-0.25, -0.2) is 8.78 Å². The molecule has 6 heteroatoms. The molecule has 18 heavy (non-hydrogen) atoms. The molecule has 1 aromatic carbocycles. The van der Waals surface area contributed by atoms with Gasteiger partial charge in [-0.2, -0.15) is 0 Å². The Balaban J connectivity index is 1.93. The normalized spacial score (nSPS) is 14.6. The first-order valence-electron chi connectivity index (χ1n) is 5.80. The van der Waals surface area contributed by atoms with Crippen molar-refractivity contribution in [1.82, 2.24) is 20.1 Å². The number of halogens is 2. The van der Waals surface area contributed by atoms with E-state index < -0.39 is 11.6 Å². The quantitative estimate of drug-likeness (QED) is 0.872. The van der Waals surface area contributed by atoms with E-state index in [1.807, 2.05) is 4.57 Å². The van der Waals surface area contributed by atoms with Crippen molar-refractivity contribution in [2.75, 3.05) is 6.54 Å². The summed E-state index contributed by atoms with van der Waals surface area (Å²) in [6.07, 6.45) is 0.261. The van der Waals surface area contributed by atoms with Crippen molar-refractivity contribution in [2.24, 2.45) is 0 Å². The maximum Gasteiger partial charge on any atom is 0.162 e. The predicted molar refractivity (Wildman–Crippen MR) is 60.9 cm³/mol. The van der Waals surface area contributed by atoms with Gasteiger partial charge in [-0.05, 0) is 11.6 Å². The van der Waals surface area contributed by atoms with Crippen LogP contribution in [0.5, 0.6) is 0 Å². The molecule has 0 spiro atoms. The van der Waals surface area contributed by atoms with Crippen LogP contribution < -0.4 is 5.32 Å². The third-order valence-corrected chi connectivity index (χ3v) is 3.08. The second kappa shape index (κ2) is 4.45. The smallest absolute Gasteiger partial charge is 0.162 e. The van der Waals surface area contributed by atoms with Crippen molar-refractivity contribution in [3.63, 3.8) is 0 Å². The molecule has 1 aliphatic rings. The van der Waals surface area contributed by atoms with Crippen LogP contribution in [0, 0.1) is 11.6 Å². The van der Waals surface area contributed by atoms with Gasteiger partial charge in [-0.15, -0.1) is 10.2 Å². The third-order valence-electron chi connectivity index (χ3n) is 3.08. The van der Waals surface area contributed by atoms with Gasteiger partial charge in [0, 0.05) is 19.5 Å². The lowest BCUT2D eigenvalue weighted by Gasteiger charge is -2.16. The molecule has 0 aliphatic carbocycles. The molecule has 3 rings (SSSR count). The monoisotopic (exact) mass is 250 g/mol. The van der Waals surface area contributed by atoms with E-state index in [0.29, 0.717) is 17.9 Å². The summed E-state index contributed by atoms with van der Waals surface area (Å²) in [5.41, 5.74) is 0.309. The van der Waals surface area contributed by atoms with Gasteiger partial charge in [0.25, 0.3) is 0 Å². The SMILES string of the molecule is Fc1cccc(Cc2nnc3n2CCNC3)c1F. The molecule has 2 heterocycles. The van der Waals surface area contributed by atoms with E-state index in [1.54, 1.807) is 6.07 Å².